The average Bonchev–Trinajstić information content (AvgIpc) is 3.29. The number of nitrogens with two attached hydrogens (primary N) is 1. The minimum absolute atomic E-state index is 0.0582. The number of alkyl halides is 3. The zero-order valence-electron chi connectivity index (χ0n) is 23.5. The van der Waals surface area contributed by atoms with E-state index in [1.54, 1.807) is 25.7 Å². The number of carbonyl (C=O) groups is 2. The number of alkyl carbamates (subject to hydrolysis) is 1. The third-order valence-corrected chi connectivity index (χ3v) is 9.00. The number of rotatable bonds is 8. The number of hydrogen-bond donors (Lipinski definition) is 3. The Kier molecular flexibility index (Phi) is 10.3. The first kappa shape index (κ1) is 33.8. The van der Waals surface area contributed by atoms with E-state index < -0.39 is 49.8 Å². The molecule has 1 aliphatic heterocycles. The highest BCUT2D eigenvalue weighted by Crippen LogP contribution is 2.40. The monoisotopic (exact) mass is 652 g/mol. The summed E-state index contributed by atoms with van der Waals surface area (Å²) in [6, 6.07) is 4.34. The number of sulfone groups is 1. The molecule has 2 aromatic carbocycles. The summed E-state index contributed by atoms with van der Waals surface area (Å²) in [6.45, 7) is 6.66. The van der Waals surface area contributed by atoms with E-state index in [4.69, 9.17) is 33.7 Å². The van der Waals surface area contributed by atoms with Gasteiger partial charge in [0.1, 0.15) is 5.60 Å². The number of benzene rings is 2. The van der Waals surface area contributed by atoms with Crippen molar-refractivity contribution in [2.45, 2.75) is 69.9 Å². The maximum atomic E-state index is 14.2. The lowest BCUT2D eigenvalue weighted by Gasteiger charge is -2.24. The van der Waals surface area contributed by atoms with Crippen LogP contribution in [0.2, 0.25) is 10.0 Å². The van der Waals surface area contributed by atoms with Gasteiger partial charge in [-0.05, 0) is 62.6 Å². The quantitative estimate of drug-likeness (QED) is 0.325. The Bertz CT molecular complexity index is 1460. The van der Waals surface area contributed by atoms with Crippen LogP contribution in [0.3, 0.4) is 0 Å². The molecule has 1 saturated heterocycles. The van der Waals surface area contributed by atoms with Gasteiger partial charge in [-0.1, -0.05) is 30.1 Å². The van der Waals surface area contributed by atoms with Crippen LogP contribution < -0.4 is 16.4 Å². The number of anilines is 1. The Morgan fingerprint density at radius 1 is 1.17 bits per heavy atom. The molecule has 1 fully saturated rings. The Morgan fingerprint density at radius 3 is 2.43 bits per heavy atom. The zero-order valence-corrected chi connectivity index (χ0v) is 25.8. The number of nitrogens with zero attached hydrogens (tertiary/aromatic N) is 1. The number of nitrogen functional groups attached to an aromatic ring is 1. The molecule has 0 saturated carbocycles. The van der Waals surface area contributed by atoms with E-state index in [0.717, 1.165) is 0 Å². The molecule has 0 radical (unpaired) electrons. The van der Waals surface area contributed by atoms with Gasteiger partial charge in [-0.3, -0.25) is 9.69 Å². The molecule has 2 aromatic rings. The van der Waals surface area contributed by atoms with Crippen molar-refractivity contribution in [3.63, 3.8) is 0 Å². The van der Waals surface area contributed by atoms with E-state index in [2.05, 4.69) is 10.6 Å². The highest BCUT2D eigenvalue weighted by molar-refractivity contribution is 7.91. The van der Waals surface area contributed by atoms with Gasteiger partial charge in [0.05, 0.1) is 32.5 Å². The summed E-state index contributed by atoms with van der Waals surface area (Å²) < 4.78 is 72.8. The van der Waals surface area contributed by atoms with Crippen LogP contribution >= 0.6 is 23.2 Å². The fourth-order valence-corrected chi connectivity index (χ4v) is 6.09. The number of nitrogens with one attached hydrogen (secondary N) is 2. The second-order valence-electron chi connectivity index (χ2n) is 10.9. The standard InChI is InChI=1S/C27H33Cl2F3N4O5S/c1-5-42(39,40)21-7-6-16(28)10-15(21)12-34-24(37)18-11-20(27(30,31)32)19(22(29)23(18)33)14-36-9-8-17(13-36)35-25(38)41-26(2,3)4/h6-7,10-11,17H,5,8-9,12-14,33H2,1-4H3,(H,34,37)(H,35,38). The molecule has 1 atom stereocenters. The number of amides is 2. The Balaban J connectivity index is 1.83. The number of likely N-dealkylation sites (tertiary alicyclic amines) is 1. The highest BCUT2D eigenvalue weighted by Gasteiger charge is 2.38. The molecular weight excluding hydrogens is 620 g/mol. The van der Waals surface area contributed by atoms with Crippen molar-refractivity contribution in [1.82, 2.24) is 15.5 Å². The first-order chi connectivity index (χ1) is 19.3. The maximum Gasteiger partial charge on any atom is 0.416 e. The van der Waals surface area contributed by atoms with Crippen molar-refractivity contribution in [2.75, 3.05) is 24.6 Å². The summed E-state index contributed by atoms with van der Waals surface area (Å²) in [4.78, 5) is 26.7. The van der Waals surface area contributed by atoms with Gasteiger partial charge >= 0.3 is 12.3 Å². The molecule has 0 aromatic heterocycles. The van der Waals surface area contributed by atoms with Gasteiger partial charge in [0.25, 0.3) is 5.91 Å². The zero-order chi connectivity index (χ0) is 31.6. The van der Waals surface area contributed by atoms with Crippen molar-refractivity contribution in [1.29, 1.82) is 0 Å². The van der Waals surface area contributed by atoms with Crippen LogP contribution in [0.4, 0.5) is 23.7 Å². The summed E-state index contributed by atoms with van der Waals surface area (Å²) in [5, 5.41) is 4.93. The predicted molar refractivity (Wildman–Crippen MR) is 154 cm³/mol. The van der Waals surface area contributed by atoms with Gasteiger partial charge in [-0.15, -0.1) is 0 Å². The number of ether oxygens (including phenoxy) is 1. The predicted octanol–water partition coefficient (Wildman–Crippen LogP) is 5.42. The van der Waals surface area contributed by atoms with Crippen LogP contribution in [-0.2, 0) is 33.8 Å². The molecule has 232 valence electrons. The molecule has 0 bridgehead atoms. The summed E-state index contributed by atoms with van der Waals surface area (Å²) in [7, 11) is -3.67. The van der Waals surface area contributed by atoms with Crippen LogP contribution in [0.15, 0.2) is 29.2 Å². The van der Waals surface area contributed by atoms with Crippen LogP contribution in [0.1, 0.15) is 61.2 Å². The summed E-state index contributed by atoms with van der Waals surface area (Å²) in [6.07, 6.45) is -5.02. The highest BCUT2D eigenvalue weighted by atomic mass is 35.5. The fourth-order valence-electron chi connectivity index (χ4n) is 4.51. The normalized spacial score (nSPS) is 16.4. The van der Waals surface area contributed by atoms with Gasteiger partial charge < -0.3 is 21.1 Å². The first-order valence-corrected chi connectivity index (χ1v) is 15.4. The van der Waals surface area contributed by atoms with E-state index in [9.17, 15) is 31.2 Å². The van der Waals surface area contributed by atoms with Crippen molar-refractivity contribution >= 4 is 50.7 Å². The largest absolute Gasteiger partial charge is 0.444 e. The molecule has 42 heavy (non-hydrogen) atoms. The van der Waals surface area contributed by atoms with Gasteiger partial charge in [-0.2, -0.15) is 13.2 Å². The Morgan fingerprint density at radius 2 is 1.83 bits per heavy atom. The first-order valence-electron chi connectivity index (χ1n) is 13.0. The van der Waals surface area contributed by atoms with Crippen LogP contribution in [0, 0.1) is 0 Å². The minimum Gasteiger partial charge on any atom is -0.444 e. The van der Waals surface area contributed by atoms with Crippen molar-refractivity contribution in [3.05, 3.63) is 56.6 Å². The van der Waals surface area contributed by atoms with E-state index >= 15 is 0 Å². The average molecular weight is 654 g/mol. The summed E-state index contributed by atoms with van der Waals surface area (Å²) in [5.74, 6) is -1.18. The molecular formula is C27H33Cl2F3N4O5S. The Hall–Kier alpha value is -2.74. The topological polar surface area (TPSA) is 131 Å². The van der Waals surface area contributed by atoms with E-state index in [1.165, 1.54) is 25.1 Å². The van der Waals surface area contributed by atoms with Crippen molar-refractivity contribution in [2.24, 2.45) is 0 Å². The van der Waals surface area contributed by atoms with Gasteiger partial charge in [0.2, 0.25) is 0 Å². The third kappa shape index (κ3) is 8.42. The molecule has 1 heterocycles. The third-order valence-electron chi connectivity index (χ3n) is 6.51. The number of halogens is 5. The molecule has 3 rings (SSSR count). The van der Waals surface area contributed by atoms with Crippen molar-refractivity contribution in [3.8, 4) is 0 Å². The van der Waals surface area contributed by atoms with E-state index in [1.807, 2.05) is 0 Å². The molecule has 4 N–H and O–H groups in total. The fraction of sp³-hybridized carbons (Fsp3) is 0.481. The van der Waals surface area contributed by atoms with E-state index in [-0.39, 0.29) is 58.2 Å². The second kappa shape index (κ2) is 12.9. The molecule has 9 nitrogen and oxygen atoms in total. The minimum atomic E-state index is -4.87. The number of hydrogen-bond acceptors (Lipinski definition) is 7. The molecule has 1 unspecified atom stereocenters. The van der Waals surface area contributed by atoms with Crippen LogP contribution in [0.25, 0.3) is 0 Å². The lowest BCUT2D eigenvalue weighted by molar-refractivity contribution is -0.138. The molecule has 2 amide bonds. The van der Waals surface area contributed by atoms with E-state index in [0.29, 0.717) is 19.0 Å². The summed E-state index contributed by atoms with van der Waals surface area (Å²) in [5.41, 5.74) is 3.23. The molecule has 15 heteroatoms. The van der Waals surface area contributed by atoms with Crippen molar-refractivity contribution < 1.29 is 35.9 Å². The van der Waals surface area contributed by atoms with Gasteiger partial charge in [-0.25, -0.2) is 13.2 Å². The lowest BCUT2D eigenvalue weighted by Crippen LogP contribution is -2.40. The smallest absolute Gasteiger partial charge is 0.416 e. The lowest BCUT2D eigenvalue weighted by atomic mass is 10.00. The van der Waals surface area contributed by atoms with Gasteiger partial charge in [0.15, 0.2) is 9.84 Å². The van der Waals surface area contributed by atoms with Gasteiger partial charge in [0, 0.05) is 37.2 Å². The summed E-state index contributed by atoms with van der Waals surface area (Å²) >= 11 is 12.4. The SMILES string of the molecule is CCS(=O)(=O)c1ccc(Cl)cc1CNC(=O)c1cc(C(F)(F)F)c(CN2CCC(NC(=O)OC(C)(C)C)C2)c(Cl)c1N. The maximum absolute atomic E-state index is 14.2. The molecule has 0 aliphatic carbocycles. The second-order valence-corrected chi connectivity index (χ2v) is 13.9. The Labute approximate surface area is 252 Å². The van der Waals surface area contributed by atoms with Crippen LogP contribution in [0.5, 0.6) is 0 Å². The number of carbonyl (C=O) groups excluding carboxylic acids is 2. The molecule has 1 aliphatic rings. The molecule has 0 spiro atoms. The van der Waals surface area contributed by atoms with Crippen LogP contribution in [-0.4, -0.2) is 55.8 Å².